The summed E-state index contributed by atoms with van der Waals surface area (Å²) in [5, 5.41) is 12.0. The molecule has 142 valence electrons. The van der Waals surface area contributed by atoms with E-state index in [0.29, 0.717) is 36.8 Å². The van der Waals surface area contributed by atoms with Crippen LogP contribution in [-0.4, -0.2) is 53.2 Å². The van der Waals surface area contributed by atoms with Gasteiger partial charge in [0.25, 0.3) is 0 Å². The lowest BCUT2D eigenvalue weighted by molar-refractivity contribution is -0.133. The first kappa shape index (κ1) is 18.1. The summed E-state index contributed by atoms with van der Waals surface area (Å²) in [6, 6.07) is 4.87. The second-order valence-electron chi connectivity index (χ2n) is 6.65. The molecule has 1 unspecified atom stereocenters. The van der Waals surface area contributed by atoms with E-state index >= 15 is 0 Å². The molecule has 1 aromatic carbocycles. The van der Waals surface area contributed by atoms with Gasteiger partial charge in [-0.2, -0.15) is 4.39 Å². The highest BCUT2D eigenvalue weighted by atomic mass is 35.5. The molecule has 27 heavy (non-hydrogen) atoms. The second kappa shape index (κ2) is 6.74. The molecular weight excluding hydrogens is 395 g/mol. The number of thiazole rings is 1. The van der Waals surface area contributed by atoms with Crippen molar-refractivity contribution in [1.82, 2.24) is 9.88 Å². The van der Waals surface area contributed by atoms with Crippen LogP contribution in [0.25, 0.3) is 0 Å². The average Bonchev–Trinajstić information content (AvgIpc) is 3.34. The van der Waals surface area contributed by atoms with E-state index in [1.165, 1.54) is 0 Å². The number of halogens is 2. The first-order valence-corrected chi connectivity index (χ1v) is 9.50. The highest BCUT2D eigenvalue weighted by molar-refractivity contribution is 7.14. The molecule has 0 bridgehead atoms. The van der Waals surface area contributed by atoms with Crippen LogP contribution in [0.5, 0.6) is 0 Å². The van der Waals surface area contributed by atoms with Gasteiger partial charge in [-0.1, -0.05) is 22.9 Å². The largest absolute Gasteiger partial charge is 0.387 e. The van der Waals surface area contributed by atoms with Crippen molar-refractivity contribution in [3.8, 4) is 0 Å². The Balaban J connectivity index is 1.64. The minimum absolute atomic E-state index is 0.178. The van der Waals surface area contributed by atoms with Crippen LogP contribution in [0.3, 0.4) is 0 Å². The molecule has 2 N–H and O–H groups in total. The lowest BCUT2D eigenvalue weighted by Crippen LogP contribution is -2.42. The van der Waals surface area contributed by atoms with Crippen molar-refractivity contribution in [1.29, 1.82) is 0 Å². The van der Waals surface area contributed by atoms with E-state index in [1.807, 2.05) is 6.07 Å². The first-order valence-electron chi connectivity index (χ1n) is 8.30. The van der Waals surface area contributed by atoms with E-state index in [2.05, 4.69) is 10.3 Å². The van der Waals surface area contributed by atoms with Crippen LogP contribution >= 0.6 is 22.9 Å². The highest BCUT2D eigenvalue weighted by Gasteiger charge is 2.49. The molecule has 3 amide bonds. The standard InChI is InChI=1S/C17H16ClFN4O3S/c18-10-1-2-12-11(5-10)17(3-4-22(8-17)14(25)7-24)9-23(12)16(26)21-15-20-6-13(19)27-15/h1-2,5-6,24H,3-4,7-9H2,(H,20,21,26). The number of hydrogen-bond acceptors (Lipinski definition) is 5. The number of anilines is 2. The molecule has 1 spiro atoms. The fourth-order valence-corrected chi connectivity index (χ4v) is 4.53. The maximum atomic E-state index is 13.1. The summed E-state index contributed by atoms with van der Waals surface area (Å²) in [4.78, 5) is 31.7. The Kier molecular flexibility index (Phi) is 4.53. The second-order valence-corrected chi connectivity index (χ2v) is 8.07. The molecule has 1 fully saturated rings. The molecular formula is C17H16ClFN4O3S. The van der Waals surface area contributed by atoms with Crippen LogP contribution in [0.4, 0.5) is 20.0 Å². The van der Waals surface area contributed by atoms with Crippen LogP contribution in [0.2, 0.25) is 5.02 Å². The Bertz CT molecular complexity index is 923. The van der Waals surface area contributed by atoms with E-state index in [-0.39, 0.29) is 11.0 Å². The van der Waals surface area contributed by atoms with Gasteiger partial charge in [0, 0.05) is 35.8 Å². The number of carbonyl (C=O) groups excluding carboxylic acids is 2. The minimum atomic E-state index is -0.543. The summed E-state index contributed by atoms with van der Waals surface area (Å²) in [5.41, 5.74) is 1.15. The van der Waals surface area contributed by atoms with Gasteiger partial charge in [-0.05, 0) is 30.2 Å². The number of aromatic nitrogens is 1. The Morgan fingerprint density at radius 3 is 2.93 bits per heavy atom. The van der Waals surface area contributed by atoms with E-state index in [1.54, 1.807) is 21.9 Å². The van der Waals surface area contributed by atoms with Gasteiger partial charge in [0.1, 0.15) is 6.61 Å². The molecule has 1 saturated heterocycles. The number of hydrogen-bond donors (Lipinski definition) is 2. The summed E-state index contributed by atoms with van der Waals surface area (Å²) in [7, 11) is 0. The van der Waals surface area contributed by atoms with Gasteiger partial charge < -0.3 is 10.0 Å². The summed E-state index contributed by atoms with van der Waals surface area (Å²) < 4.78 is 13.1. The topological polar surface area (TPSA) is 85.8 Å². The fourth-order valence-electron chi connectivity index (χ4n) is 3.83. The lowest BCUT2D eigenvalue weighted by Gasteiger charge is -2.25. The number of aliphatic hydroxyl groups excluding tert-OH is 1. The Morgan fingerprint density at radius 1 is 1.41 bits per heavy atom. The predicted molar refractivity (Wildman–Crippen MR) is 99.8 cm³/mol. The van der Waals surface area contributed by atoms with Crippen molar-refractivity contribution in [3.63, 3.8) is 0 Å². The smallest absolute Gasteiger partial charge is 0.328 e. The van der Waals surface area contributed by atoms with Crippen LogP contribution in [0.1, 0.15) is 12.0 Å². The maximum Gasteiger partial charge on any atom is 0.328 e. The number of nitrogens with zero attached hydrogens (tertiary/aromatic N) is 3. The van der Waals surface area contributed by atoms with E-state index in [0.717, 1.165) is 23.1 Å². The van der Waals surface area contributed by atoms with Gasteiger partial charge in [-0.15, -0.1) is 0 Å². The molecule has 0 saturated carbocycles. The molecule has 0 aliphatic carbocycles. The third-order valence-electron chi connectivity index (χ3n) is 5.06. The Hall–Kier alpha value is -2.23. The number of fused-ring (bicyclic) bond motifs is 2. The van der Waals surface area contributed by atoms with Crippen LogP contribution in [0, 0.1) is 5.13 Å². The highest BCUT2D eigenvalue weighted by Crippen LogP contribution is 2.47. The van der Waals surface area contributed by atoms with Gasteiger partial charge in [-0.3, -0.25) is 15.0 Å². The zero-order valence-corrected chi connectivity index (χ0v) is 15.7. The molecule has 1 atom stereocenters. The number of aliphatic hydroxyl groups is 1. The molecule has 2 aromatic rings. The number of urea groups is 1. The third-order valence-corrected chi connectivity index (χ3v) is 6.00. The number of amides is 3. The van der Waals surface area contributed by atoms with Crippen molar-refractivity contribution in [2.45, 2.75) is 11.8 Å². The average molecular weight is 411 g/mol. The third kappa shape index (κ3) is 3.15. The fraction of sp³-hybridized carbons (Fsp3) is 0.353. The Labute approximate surface area is 163 Å². The maximum absolute atomic E-state index is 13.1. The quantitative estimate of drug-likeness (QED) is 0.796. The van der Waals surface area contributed by atoms with Crippen molar-refractivity contribution in [2.75, 3.05) is 36.5 Å². The zero-order valence-electron chi connectivity index (χ0n) is 14.1. The van der Waals surface area contributed by atoms with Crippen LogP contribution in [0.15, 0.2) is 24.4 Å². The number of nitrogens with one attached hydrogen (secondary N) is 1. The van der Waals surface area contributed by atoms with Gasteiger partial charge in [-0.25, -0.2) is 9.78 Å². The van der Waals surface area contributed by atoms with Crippen molar-refractivity contribution in [2.24, 2.45) is 0 Å². The van der Waals surface area contributed by atoms with Gasteiger partial charge >= 0.3 is 6.03 Å². The molecule has 4 rings (SSSR count). The zero-order chi connectivity index (χ0) is 19.2. The molecule has 10 heteroatoms. The van der Waals surface area contributed by atoms with Gasteiger partial charge in [0.05, 0.1) is 6.20 Å². The molecule has 1 aromatic heterocycles. The molecule has 7 nitrogen and oxygen atoms in total. The Morgan fingerprint density at radius 2 is 2.22 bits per heavy atom. The minimum Gasteiger partial charge on any atom is -0.387 e. The molecule has 2 aliphatic heterocycles. The van der Waals surface area contributed by atoms with E-state index in [4.69, 9.17) is 16.7 Å². The molecule has 3 heterocycles. The summed E-state index contributed by atoms with van der Waals surface area (Å²) in [6.07, 6.45) is 1.70. The number of benzene rings is 1. The number of rotatable bonds is 2. The monoisotopic (exact) mass is 410 g/mol. The van der Waals surface area contributed by atoms with Crippen molar-refractivity contribution >= 4 is 45.7 Å². The van der Waals surface area contributed by atoms with Crippen molar-refractivity contribution < 1.29 is 19.1 Å². The normalized spacial score (nSPS) is 21.0. The van der Waals surface area contributed by atoms with Crippen LogP contribution in [-0.2, 0) is 10.2 Å². The lowest BCUT2D eigenvalue weighted by atomic mass is 9.81. The molecule has 0 radical (unpaired) electrons. The SMILES string of the molecule is O=C(CO)N1CCC2(C1)CN(C(=O)Nc1ncc(F)s1)c1ccc(Cl)cc12. The van der Waals surface area contributed by atoms with Crippen LogP contribution < -0.4 is 10.2 Å². The van der Waals surface area contributed by atoms with E-state index in [9.17, 15) is 14.0 Å². The summed E-state index contributed by atoms with van der Waals surface area (Å²) in [6.45, 7) is 0.712. The van der Waals surface area contributed by atoms with Gasteiger partial charge in [0.15, 0.2) is 10.3 Å². The summed E-state index contributed by atoms with van der Waals surface area (Å²) in [5.74, 6) is -0.336. The van der Waals surface area contributed by atoms with Crippen molar-refractivity contribution in [3.05, 3.63) is 40.1 Å². The number of likely N-dealkylation sites (tertiary alicyclic amines) is 1. The predicted octanol–water partition coefficient (Wildman–Crippen LogP) is 2.45. The molecule has 2 aliphatic rings. The first-order chi connectivity index (χ1) is 12.9. The van der Waals surface area contributed by atoms with Gasteiger partial charge in [0.2, 0.25) is 5.91 Å². The van der Waals surface area contributed by atoms with E-state index < -0.39 is 23.2 Å². The summed E-state index contributed by atoms with van der Waals surface area (Å²) >= 11 is 6.93. The number of carbonyl (C=O) groups is 2.